The van der Waals surface area contributed by atoms with Gasteiger partial charge in [0.15, 0.2) is 22.5 Å². The summed E-state index contributed by atoms with van der Waals surface area (Å²) in [5.41, 5.74) is 0.0429. The van der Waals surface area contributed by atoms with Crippen LogP contribution in [0.15, 0.2) is 100 Å². The molecule has 0 fully saturated rings. The van der Waals surface area contributed by atoms with E-state index >= 15 is 0 Å². The first-order chi connectivity index (χ1) is 21.4. The summed E-state index contributed by atoms with van der Waals surface area (Å²) in [4.78, 5) is 46.3. The molecule has 5 aromatic rings. The van der Waals surface area contributed by atoms with E-state index < -0.39 is 28.6 Å². The van der Waals surface area contributed by atoms with Gasteiger partial charge in [-0.2, -0.15) is 0 Å². The van der Waals surface area contributed by atoms with Gasteiger partial charge in [-0.3, -0.25) is 14.4 Å². The van der Waals surface area contributed by atoms with Crippen LogP contribution in [0.5, 0.6) is 11.5 Å². The normalized spacial score (nSPS) is 17.0. The topological polar surface area (TPSA) is 89.3 Å². The van der Waals surface area contributed by atoms with Crippen molar-refractivity contribution in [1.82, 2.24) is 4.90 Å². The summed E-state index contributed by atoms with van der Waals surface area (Å²) in [6, 6.07) is 25.4. The molecular weight excluding hydrogens is 563 g/mol. The molecule has 3 heterocycles. The van der Waals surface area contributed by atoms with Gasteiger partial charge in [-0.15, -0.1) is 0 Å². The van der Waals surface area contributed by atoms with E-state index in [9.17, 15) is 18.8 Å². The number of methoxy groups -OCH3 is 2. The van der Waals surface area contributed by atoms with E-state index in [1.54, 1.807) is 79.9 Å². The molecule has 2 amide bonds. The number of anilines is 1. The highest BCUT2D eigenvalue weighted by Gasteiger charge is 2.64. The molecule has 0 saturated heterocycles. The van der Waals surface area contributed by atoms with Crippen LogP contribution in [0.2, 0.25) is 0 Å². The Morgan fingerprint density at radius 3 is 2.36 bits per heavy atom. The lowest BCUT2D eigenvalue weighted by atomic mass is 9.83. The second-order valence-corrected chi connectivity index (χ2v) is 10.7. The molecule has 7 rings (SSSR count). The molecular formula is C35H27FN2O6. The van der Waals surface area contributed by atoms with Crippen molar-refractivity contribution in [2.75, 3.05) is 25.7 Å². The van der Waals surface area contributed by atoms with Crippen molar-refractivity contribution in [3.8, 4) is 11.5 Å². The number of hydrogen-bond donors (Lipinski definition) is 0. The predicted octanol–water partition coefficient (Wildman–Crippen LogP) is 5.44. The number of nitrogens with zero attached hydrogens (tertiary/aromatic N) is 2. The zero-order valence-corrected chi connectivity index (χ0v) is 24.0. The molecule has 1 aromatic heterocycles. The largest absolute Gasteiger partial charge is 0.493 e. The molecule has 44 heavy (non-hydrogen) atoms. The third kappa shape index (κ3) is 3.85. The third-order valence-corrected chi connectivity index (χ3v) is 8.50. The van der Waals surface area contributed by atoms with Gasteiger partial charge in [0.1, 0.15) is 11.4 Å². The zero-order valence-electron chi connectivity index (χ0n) is 24.0. The monoisotopic (exact) mass is 590 g/mol. The van der Waals surface area contributed by atoms with Crippen LogP contribution in [0.4, 0.5) is 10.1 Å². The lowest BCUT2D eigenvalue weighted by Crippen LogP contribution is -2.53. The smallest absolute Gasteiger partial charge is 0.291 e. The van der Waals surface area contributed by atoms with Crippen molar-refractivity contribution in [1.29, 1.82) is 0 Å². The van der Waals surface area contributed by atoms with Crippen LogP contribution in [-0.4, -0.2) is 37.5 Å². The maximum Gasteiger partial charge on any atom is 0.291 e. The fourth-order valence-electron chi connectivity index (χ4n) is 6.47. The Labute approximate surface area is 251 Å². The minimum Gasteiger partial charge on any atom is -0.493 e. The number of rotatable bonds is 7. The molecule has 8 nitrogen and oxygen atoms in total. The Morgan fingerprint density at radius 1 is 0.841 bits per heavy atom. The van der Waals surface area contributed by atoms with Gasteiger partial charge < -0.3 is 23.7 Å². The van der Waals surface area contributed by atoms with Crippen LogP contribution in [0, 0.1) is 5.82 Å². The standard InChI is InChI=1S/C35H27FN2O6/c1-42-28-16-15-21(19-29(28)43-2)17-18-38-33(40)32-30(31(39)23-10-4-8-14-27(23)44-32)35(38)24-11-5-7-13-26(24)37(34(35)41)20-22-9-3-6-12-25(22)36/h3-16,19H,17-18,20H2,1-2H3. The van der Waals surface area contributed by atoms with Gasteiger partial charge in [-0.25, -0.2) is 4.39 Å². The van der Waals surface area contributed by atoms with Crippen LogP contribution in [0.25, 0.3) is 11.0 Å². The molecule has 0 bridgehead atoms. The highest BCUT2D eigenvalue weighted by Crippen LogP contribution is 2.53. The summed E-state index contributed by atoms with van der Waals surface area (Å²) in [7, 11) is 3.09. The van der Waals surface area contributed by atoms with E-state index in [2.05, 4.69) is 0 Å². The van der Waals surface area contributed by atoms with Gasteiger partial charge in [0.2, 0.25) is 5.76 Å². The Bertz CT molecular complexity index is 2040. The average molecular weight is 591 g/mol. The fraction of sp³-hybridized carbons (Fsp3) is 0.171. The first kappa shape index (κ1) is 27.4. The number of ether oxygens (including phenoxy) is 2. The Balaban J connectivity index is 1.42. The number of hydrogen-bond acceptors (Lipinski definition) is 6. The highest BCUT2D eigenvalue weighted by atomic mass is 19.1. The first-order valence-electron chi connectivity index (χ1n) is 14.1. The number of benzene rings is 4. The molecule has 9 heteroatoms. The molecule has 2 aliphatic heterocycles. The second kappa shape index (κ2) is 10.4. The fourth-order valence-corrected chi connectivity index (χ4v) is 6.47. The maximum atomic E-state index is 14.9. The molecule has 220 valence electrons. The lowest BCUT2D eigenvalue weighted by molar-refractivity contribution is -0.126. The van der Waals surface area contributed by atoms with E-state index in [1.807, 2.05) is 12.1 Å². The van der Waals surface area contributed by atoms with Gasteiger partial charge in [0, 0.05) is 17.7 Å². The van der Waals surface area contributed by atoms with Crippen LogP contribution in [-0.2, 0) is 23.3 Å². The molecule has 1 atom stereocenters. The summed E-state index contributed by atoms with van der Waals surface area (Å²) in [5.74, 6) is -0.641. The second-order valence-electron chi connectivity index (χ2n) is 10.7. The van der Waals surface area contributed by atoms with Crippen molar-refractivity contribution in [3.63, 3.8) is 0 Å². The third-order valence-electron chi connectivity index (χ3n) is 8.50. The minimum atomic E-state index is -1.81. The molecule has 0 saturated carbocycles. The van der Waals surface area contributed by atoms with Crippen LogP contribution in [0.1, 0.15) is 32.8 Å². The summed E-state index contributed by atoms with van der Waals surface area (Å²) >= 11 is 0. The molecule has 0 radical (unpaired) electrons. The Hall–Kier alpha value is -5.44. The van der Waals surface area contributed by atoms with Crippen LogP contribution < -0.4 is 19.8 Å². The van der Waals surface area contributed by atoms with E-state index in [0.717, 1.165) is 5.56 Å². The SMILES string of the molecule is COc1ccc(CCN2C(=O)c3oc4ccccc4c(=O)c3C23C(=O)N(Cc2ccccc2F)c2ccccc23)cc1OC. The summed E-state index contributed by atoms with van der Waals surface area (Å²) in [6.07, 6.45) is 0.332. The quantitative estimate of drug-likeness (QED) is 0.251. The van der Waals surface area contributed by atoms with Gasteiger partial charge >= 0.3 is 0 Å². The molecule has 0 aliphatic carbocycles. The predicted molar refractivity (Wildman–Crippen MR) is 162 cm³/mol. The van der Waals surface area contributed by atoms with Crippen molar-refractivity contribution < 1.29 is 27.9 Å². The molecule has 1 unspecified atom stereocenters. The highest BCUT2D eigenvalue weighted by molar-refractivity contribution is 6.17. The molecule has 4 aromatic carbocycles. The number of amides is 2. The first-order valence-corrected chi connectivity index (χ1v) is 14.1. The minimum absolute atomic E-state index is 0.0259. The number of carbonyl (C=O) groups is 2. The van der Waals surface area contributed by atoms with Gasteiger partial charge in [-0.05, 0) is 48.4 Å². The van der Waals surface area contributed by atoms with E-state index in [-0.39, 0.29) is 35.4 Å². The zero-order chi connectivity index (χ0) is 30.6. The lowest BCUT2D eigenvalue weighted by Gasteiger charge is -2.34. The van der Waals surface area contributed by atoms with E-state index in [0.29, 0.717) is 34.7 Å². The number of fused-ring (bicyclic) bond motifs is 5. The number of halogens is 1. The summed E-state index contributed by atoms with van der Waals surface area (Å²) < 4.78 is 31.8. The maximum absolute atomic E-state index is 14.9. The van der Waals surface area contributed by atoms with E-state index in [4.69, 9.17) is 13.9 Å². The van der Waals surface area contributed by atoms with Crippen LogP contribution in [0.3, 0.4) is 0 Å². The Kier molecular flexibility index (Phi) is 6.46. The van der Waals surface area contributed by atoms with E-state index in [1.165, 1.54) is 23.0 Å². The molecule has 0 N–H and O–H groups in total. The van der Waals surface area contributed by atoms with Crippen molar-refractivity contribution >= 4 is 28.5 Å². The number of carbonyl (C=O) groups excluding carboxylic acids is 2. The van der Waals surface area contributed by atoms with Crippen molar-refractivity contribution in [3.05, 3.63) is 135 Å². The summed E-state index contributed by atoms with van der Waals surface area (Å²) in [5, 5.41) is 0.262. The van der Waals surface area contributed by atoms with Gasteiger partial charge in [0.25, 0.3) is 11.8 Å². The molecule has 2 aliphatic rings. The Morgan fingerprint density at radius 2 is 1.57 bits per heavy atom. The van der Waals surface area contributed by atoms with Crippen molar-refractivity contribution in [2.45, 2.75) is 18.5 Å². The summed E-state index contributed by atoms with van der Waals surface area (Å²) in [6.45, 7) is -0.0157. The van der Waals surface area contributed by atoms with Gasteiger partial charge in [0.05, 0.1) is 37.4 Å². The molecule has 1 spiro atoms. The van der Waals surface area contributed by atoms with Crippen LogP contribution >= 0.6 is 0 Å². The number of para-hydroxylation sites is 2. The van der Waals surface area contributed by atoms with Gasteiger partial charge in [-0.1, -0.05) is 54.6 Å². The van der Waals surface area contributed by atoms with Crippen molar-refractivity contribution in [2.24, 2.45) is 0 Å². The average Bonchev–Trinajstić information content (AvgIpc) is 3.44.